The Balaban J connectivity index is 1.82. The lowest BCUT2D eigenvalue weighted by Crippen LogP contribution is -2.58. The van der Waals surface area contributed by atoms with E-state index in [1.54, 1.807) is 43.2 Å². The molecule has 1 aliphatic rings. The molecule has 0 unspecified atom stereocenters. The van der Waals surface area contributed by atoms with E-state index in [9.17, 15) is 19.5 Å². The second-order valence-electron chi connectivity index (χ2n) is 9.68. The molecule has 36 heavy (non-hydrogen) atoms. The summed E-state index contributed by atoms with van der Waals surface area (Å²) in [6.45, 7) is 5.06. The van der Waals surface area contributed by atoms with Crippen LogP contribution < -0.4 is 0 Å². The smallest absolute Gasteiger partial charge is 0.411 e. The molecule has 3 heterocycles. The molecule has 1 amide bonds. The van der Waals surface area contributed by atoms with Gasteiger partial charge in [-0.2, -0.15) is 0 Å². The molecule has 1 fully saturated rings. The summed E-state index contributed by atoms with van der Waals surface area (Å²) in [6, 6.07) is 8.14. The molecule has 0 bridgehead atoms. The van der Waals surface area contributed by atoms with Gasteiger partial charge < -0.3 is 19.1 Å². The molecule has 0 saturated carbocycles. The van der Waals surface area contributed by atoms with E-state index in [4.69, 9.17) is 9.47 Å². The highest BCUT2D eigenvalue weighted by Crippen LogP contribution is 2.50. The number of thiazole rings is 1. The number of amides is 1. The molecule has 190 valence electrons. The molecule has 0 aliphatic carbocycles. The van der Waals surface area contributed by atoms with E-state index < -0.39 is 41.1 Å². The van der Waals surface area contributed by atoms with Gasteiger partial charge in [-0.15, -0.1) is 11.3 Å². The number of hydrogen-bond donors (Lipinski definition) is 1. The zero-order valence-corrected chi connectivity index (χ0v) is 21.1. The predicted octanol–water partition coefficient (Wildman–Crippen LogP) is 3.90. The van der Waals surface area contributed by atoms with Gasteiger partial charge in [0.05, 0.1) is 30.3 Å². The van der Waals surface area contributed by atoms with Crippen molar-refractivity contribution in [2.24, 2.45) is 5.92 Å². The van der Waals surface area contributed by atoms with Crippen molar-refractivity contribution >= 4 is 29.4 Å². The zero-order chi connectivity index (χ0) is 25.9. The third kappa shape index (κ3) is 5.25. The van der Waals surface area contributed by atoms with E-state index >= 15 is 0 Å². The zero-order valence-electron chi connectivity index (χ0n) is 20.2. The Morgan fingerprint density at radius 1 is 1.19 bits per heavy atom. The van der Waals surface area contributed by atoms with Crippen LogP contribution in [0.4, 0.5) is 4.79 Å². The average molecular weight is 513 g/mol. The number of carbonyl (C=O) groups is 3. The van der Waals surface area contributed by atoms with Gasteiger partial charge in [0.25, 0.3) is 0 Å². The van der Waals surface area contributed by atoms with Crippen LogP contribution in [-0.2, 0) is 32.2 Å². The highest BCUT2D eigenvalue weighted by Gasteiger charge is 2.63. The second kappa shape index (κ2) is 10.1. The van der Waals surface area contributed by atoms with Crippen molar-refractivity contribution in [2.45, 2.75) is 57.5 Å². The van der Waals surface area contributed by atoms with Crippen molar-refractivity contribution in [3.63, 3.8) is 0 Å². The number of hydrogen-bond acceptors (Lipinski definition) is 8. The van der Waals surface area contributed by atoms with Gasteiger partial charge in [0.15, 0.2) is 5.54 Å². The number of carboxylic acid groups (broad SMARTS) is 1. The van der Waals surface area contributed by atoms with Gasteiger partial charge in [-0.1, -0.05) is 30.3 Å². The van der Waals surface area contributed by atoms with Crippen LogP contribution in [0.15, 0.2) is 60.8 Å². The molecule has 1 saturated heterocycles. The molecule has 0 radical (unpaired) electrons. The van der Waals surface area contributed by atoms with Crippen LogP contribution in [0.25, 0.3) is 0 Å². The summed E-state index contributed by atoms with van der Waals surface area (Å²) < 4.78 is 13.1. The Morgan fingerprint density at radius 2 is 1.94 bits per heavy atom. The summed E-state index contributed by atoms with van der Waals surface area (Å²) in [4.78, 5) is 50.1. The summed E-state index contributed by atoms with van der Waals surface area (Å²) >= 11 is 1.22. The highest BCUT2D eigenvalue weighted by molar-refractivity contribution is 7.09. The van der Waals surface area contributed by atoms with Crippen LogP contribution in [0.1, 0.15) is 43.7 Å². The molecule has 10 nitrogen and oxygen atoms in total. The molecule has 1 aromatic carbocycles. The molecule has 1 aliphatic heterocycles. The number of aliphatic carboxylic acids is 1. The van der Waals surface area contributed by atoms with E-state index in [0.29, 0.717) is 4.88 Å². The maximum absolute atomic E-state index is 13.9. The number of aromatic nitrogens is 3. The molecule has 2 aromatic heterocycles. The first-order valence-corrected chi connectivity index (χ1v) is 12.3. The summed E-state index contributed by atoms with van der Waals surface area (Å²) in [5, 5.41) is 10.2. The third-order valence-electron chi connectivity index (χ3n) is 5.92. The molecule has 11 heteroatoms. The molecule has 1 N–H and O–H groups in total. The minimum Gasteiger partial charge on any atom is -0.481 e. The van der Waals surface area contributed by atoms with Gasteiger partial charge in [-0.3, -0.25) is 14.7 Å². The quantitative estimate of drug-likeness (QED) is 0.473. The molecule has 4 rings (SSSR count). The third-order valence-corrected chi connectivity index (χ3v) is 6.77. The van der Waals surface area contributed by atoms with Crippen LogP contribution in [-0.4, -0.2) is 53.7 Å². The highest BCUT2D eigenvalue weighted by atomic mass is 32.1. The number of benzene rings is 1. The maximum Gasteiger partial charge on any atom is 0.411 e. The summed E-state index contributed by atoms with van der Waals surface area (Å²) in [6.07, 6.45) is 5.24. The first-order valence-electron chi connectivity index (χ1n) is 11.4. The van der Waals surface area contributed by atoms with E-state index in [-0.39, 0.29) is 19.6 Å². The fourth-order valence-corrected chi connectivity index (χ4v) is 5.23. The van der Waals surface area contributed by atoms with Gasteiger partial charge in [0.2, 0.25) is 0 Å². The van der Waals surface area contributed by atoms with Crippen LogP contribution in [0.2, 0.25) is 0 Å². The number of nitrogens with zero attached hydrogens (tertiary/aromatic N) is 4. The van der Waals surface area contributed by atoms with Gasteiger partial charge in [0.1, 0.15) is 12.2 Å². The minimum absolute atomic E-state index is 0.0429. The number of imidazole rings is 1. The molecular formula is C25H28N4O6S. The van der Waals surface area contributed by atoms with Gasteiger partial charge in [0, 0.05) is 23.5 Å². The number of rotatable bonds is 7. The van der Waals surface area contributed by atoms with E-state index in [1.807, 2.05) is 30.3 Å². The summed E-state index contributed by atoms with van der Waals surface area (Å²) in [7, 11) is 0. The molecular weight excluding hydrogens is 484 g/mol. The van der Waals surface area contributed by atoms with Gasteiger partial charge in [-0.05, 0) is 32.8 Å². The van der Waals surface area contributed by atoms with Crippen LogP contribution in [0.3, 0.4) is 0 Å². The molecule has 3 atom stereocenters. The van der Waals surface area contributed by atoms with Crippen molar-refractivity contribution in [2.75, 3.05) is 0 Å². The molecule has 0 spiro atoms. The Kier molecular flexibility index (Phi) is 7.11. The lowest BCUT2D eigenvalue weighted by molar-refractivity contribution is -0.169. The standard InChI is InChI=1S/C25H28N4O6S/c1-24(2,3)35-22(32)25(14-28-10-9-26-15-28)11-18(21(30)31)20(19-12-27-16-36-19)29(25)23(33)34-13-17-7-5-4-6-8-17/h4-10,12,15-16,18,20H,11,13-14H2,1-3H3,(H,30,31)/t18-,20-,25-/m1/s1. The number of esters is 1. The van der Waals surface area contributed by atoms with Crippen molar-refractivity contribution in [3.05, 3.63) is 71.2 Å². The van der Waals surface area contributed by atoms with Crippen molar-refractivity contribution in [3.8, 4) is 0 Å². The largest absolute Gasteiger partial charge is 0.481 e. The first-order chi connectivity index (χ1) is 17.1. The second-order valence-corrected chi connectivity index (χ2v) is 10.6. The van der Waals surface area contributed by atoms with Crippen LogP contribution in [0, 0.1) is 5.92 Å². The number of carbonyl (C=O) groups excluding carboxylic acids is 2. The predicted molar refractivity (Wildman–Crippen MR) is 130 cm³/mol. The fourth-order valence-electron chi connectivity index (χ4n) is 4.46. The van der Waals surface area contributed by atoms with Gasteiger partial charge >= 0.3 is 18.0 Å². The summed E-state index contributed by atoms with van der Waals surface area (Å²) in [5.41, 5.74) is -0.226. The van der Waals surface area contributed by atoms with Crippen LogP contribution in [0.5, 0.6) is 0 Å². The Morgan fingerprint density at radius 3 is 2.53 bits per heavy atom. The minimum atomic E-state index is -1.67. The van der Waals surface area contributed by atoms with Crippen molar-refractivity contribution < 1.29 is 29.0 Å². The Labute approximate surface area is 212 Å². The topological polar surface area (TPSA) is 124 Å². The first kappa shape index (κ1) is 25.4. The average Bonchev–Trinajstić information content (AvgIpc) is 3.58. The van der Waals surface area contributed by atoms with E-state index in [2.05, 4.69) is 9.97 Å². The van der Waals surface area contributed by atoms with Gasteiger partial charge in [-0.25, -0.2) is 14.6 Å². The maximum atomic E-state index is 13.9. The number of ether oxygens (including phenoxy) is 2. The lowest BCUT2D eigenvalue weighted by atomic mass is 9.90. The van der Waals surface area contributed by atoms with Crippen molar-refractivity contribution in [1.82, 2.24) is 19.4 Å². The fraction of sp³-hybridized carbons (Fsp3) is 0.400. The molecule has 3 aromatic rings. The number of carboxylic acids is 1. The van der Waals surface area contributed by atoms with Crippen LogP contribution >= 0.6 is 11.3 Å². The van der Waals surface area contributed by atoms with E-state index in [1.165, 1.54) is 28.8 Å². The normalized spacial score (nSPS) is 21.8. The Hall–Kier alpha value is -3.73. The number of likely N-dealkylation sites (tertiary alicyclic amines) is 1. The Bertz CT molecular complexity index is 1190. The monoisotopic (exact) mass is 512 g/mol. The van der Waals surface area contributed by atoms with E-state index in [0.717, 1.165) is 5.56 Å². The summed E-state index contributed by atoms with van der Waals surface area (Å²) in [5.74, 6) is -2.94. The lowest BCUT2D eigenvalue weighted by Gasteiger charge is -2.39. The van der Waals surface area contributed by atoms with Crippen molar-refractivity contribution in [1.29, 1.82) is 0 Å². The SMILES string of the molecule is CC(C)(C)OC(=O)[C@]1(Cn2ccnc2)C[C@@H](C(=O)O)[C@H](c2cncs2)N1C(=O)OCc1ccccc1.